The van der Waals surface area contributed by atoms with Crippen molar-refractivity contribution in [2.45, 2.75) is 12.7 Å². The van der Waals surface area contributed by atoms with Crippen LogP contribution in [0.2, 0.25) is 0 Å². The van der Waals surface area contributed by atoms with Crippen molar-refractivity contribution in [3.05, 3.63) is 24.3 Å². The molecule has 1 amide bonds. The summed E-state index contributed by atoms with van der Waals surface area (Å²) >= 11 is 0. The third kappa shape index (κ3) is 5.13. The third-order valence-corrected chi connectivity index (χ3v) is 1.42. The molecule has 16 heavy (non-hydrogen) atoms. The second-order valence-electron chi connectivity index (χ2n) is 2.75. The number of hydrogen-bond acceptors (Lipinski definition) is 4. The van der Waals surface area contributed by atoms with E-state index in [1.54, 1.807) is 0 Å². The number of nitrogens with zero attached hydrogens (tertiary/aromatic N) is 2. The zero-order valence-electron chi connectivity index (χ0n) is 7.99. The summed E-state index contributed by atoms with van der Waals surface area (Å²) in [6.07, 6.45) is -2.95. The first-order valence-electron chi connectivity index (χ1n) is 4.19. The molecule has 0 radical (unpaired) electrons. The Morgan fingerprint density at radius 1 is 1.50 bits per heavy atom. The summed E-state index contributed by atoms with van der Waals surface area (Å²) in [6.45, 7) is -1.62. The molecule has 0 unspecified atom stereocenters. The van der Waals surface area contributed by atoms with Crippen LogP contribution in [0, 0.1) is 0 Å². The predicted molar refractivity (Wildman–Crippen MR) is 46.3 cm³/mol. The summed E-state index contributed by atoms with van der Waals surface area (Å²) in [5.74, 6) is 0. The molecule has 1 rings (SSSR count). The highest BCUT2D eigenvalue weighted by Crippen LogP contribution is 2.14. The van der Waals surface area contributed by atoms with Gasteiger partial charge in [0.2, 0.25) is 0 Å². The number of ether oxygens (including phenoxy) is 1. The molecule has 1 N–H and O–H groups in total. The molecule has 0 aliphatic carbocycles. The van der Waals surface area contributed by atoms with Gasteiger partial charge in [0.05, 0.1) is 12.2 Å². The SMILES string of the molecule is O=C(NCc1ccncn1)OCC(F)(F)F. The number of carbonyl (C=O) groups excluding carboxylic acids is 1. The fourth-order valence-electron chi connectivity index (χ4n) is 0.784. The van der Waals surface area contributed by atoms with Crippen molar-refractivity contribution >= 4 is 6.09 Å². The monoisotopic (exact) mass is 235 g/mol. The Bertz CT molecular complexity index is 342. The van der Waals surface area contributed by atoms with Gasteiger partial charge in [-0.25, -0.2) is 14.8 Å². The Kier molecular flexibility index (Phi) is 4.03. The van der Waals surface area contributed by atoms with Crippen LogP contribution in [0.4, 0.5) is 18.0 Å². The second-order valence-corrected chi connectivity index (χ2v) is 2.75. The largest absolute Gasteiger partial charge is 0.440 e. The van der Waals surface area contributed by atoms with Crippen molar-refractivity contribution in [3.8, 4) is 0 Å². The van der Waals surface area contributed by atoms with Crippen molar-refractivity contribution in [1.29, 1.82) is 0 Å². The molecule has 0 spiro atoms. The Balaban J connectivity index is 2.26. The minimum absolute atomic E-state index is 0.0147. The van der Waals surface area contributed by atoms with Crippen LogP contribution in [-0.4, -0.2) is 28.8 Å². The number of amides is 1. The Labute approximate surface area is 88.7 Å². The summed E-state index contributed by atoms with van der Waals surface area (Å²) in [5.41, 5.74) is 0.471. The summed E-state index contributed by atoms with van der Waals surface area (Å²) in [7, 11) is 0. The fourth-order valence-corrected chi connectivity index (χ4v) is 0.784. The third-order valence-electron chi connectivity index (χ3n) is 1.42. The standard InChI is InChI=1S/C8H8F3N3O2/c9-8(10,11)4-16-7(15)13-3-6-1-2-12-5-14-6/h1-2,5H,3-4H2,(H,13,15). The number of alkyl carbamates (subject to hydrolysis) is 1. The van der Waals surface area contributed by atoms with Gasteiger partial charge in [0, 0.05) is 6.20 Å². The highest BCUT2D eigenvalue weighted by molar-refractivity contribution is 5.67. The maximum atomic E-state index is 11.7. The molecule has 0 atom stereocenters. The van der Waals surface area contributed by atoms with E-state index in [1.165, 1.54) is 18.6 Å². The van der Waals surface area contributed by atoms with E-state index < -0.39 is 18.9 Å². The van der Waals surface area contributed by atoms with Gasteiger partial charge >= 0.3 is 12.3 Å². The van der Waals surface area contributed by atoms with E-state index in [0.717, 1.165) is 0 Å². The van der Waals surface area contributed by atoms with Crippen LogP contribution in [0.3, 0.4) is 0 Å². The molecule has 0 aliphatic heterocycles. The lowest BCUT2D eigenvalue weighted by Crippen LogP contribution is -2.28. The number of halogens is 3. The Hall–Kier alpha value is -1.86. The van der Waals surface area contributed by atoms with Gasteiger partial charge < -0.3 is 10.1 Å². The van der Waals surface area contributed by atoms with E-state index in [-0.39, 0.29) is 6.54 Å². The van der Waals surface area contributed by atoms with E-state index in [2.05, 4.69) is 20.0 Å². The van der Waals surface area contributed by atoms with Crippen LogP contribution in [0.1, 0.15) is 5.69 Å². The van der Waals surface area contributed by atoms with E-state index in [0.29, 0.717) is 5.69 Å². The van der Waals surface area contributed by atoms with Gasteiger partial charge in [0.1, 0.15) is 6.33 Å². The highest BCUT2D eigenvalue weighted by Gasteiger charge is 2.29. The molecule has 0 saturated heterocycles. The average Bonchev–Trinajstić information content (AvgIpc) is 2.24. The summed E-state index contributed by atoms with van der Waals surface area (Å²) in [6, 6.07) is 1.52. The van der Waals surface area contributed by atoms with Gasteiger partial charge in [-0.2, -0.15) is 13.2 Å². The Morgan fingerprint density at radius 2 is 2.25 bits per heavy atom. The first kappa shape index (κ1) is 12.2. The van der Waals surface area contributed by atoms with Crippen LogP contribution in [0.25, 0.3) is 0 Å². The zero-order chi connectivity index (χ0) is 12.0. The summed E-state index contributed by atoms with van der Waals surface area (Å²) < 4.78 is 38.9. The molecule has 0 bridgehead atoms. The zero-order valence-corrected chi connectivity index (χ0v) is 7.99. The summed E-state index contributed by atoms with van der Waals surface area (Å²) in [4.78, 5) is 18.2. The average molecular weight is 235 g/mol. The maximum absolute atomic E-state index is 11.7. The number of alkyl halides is 3. The lowest BCUT2D eigenvalue weighted by atomic mass is 10.4. The first-order chi connectivity index (χ1) is 7.47. The Morgan fingerprint density at radius 3 is 2.81 bits per heavy atom. The quantitative estimate of drug-likeness (QED) is 0.856. The van der Waals surface area contributed by atoms with Crippen LogP contribution < -0.4 is 5.32 Å². The second kappa shape index (κ2) is 5.29. The molecule has 1 aromatic rings. The molecule has 88 valence electrons. The van der Waals surface area contributed by atoms with Crippen LogP contribution in [0.5, 0.6) is 0 Å². The maximum Gasteiger partial charge on any atom is 0.422 e. The van der Waals surface area contributed by atoms with Crippen molar-refractivity contribution in [3.63, 3.8) is 0 Å². The van der Waals surface area contributed by atoms with E-state index in [1.807, 2.05) is 0 Å². The topological polar surface area (TPSA) is 64.1 Å². The van der Waals surface area contributed by atoms with Gasteiger partial charge in [0.25, 0.3) is 0 Å². The van der Waals surface area contributed by atoms with Gasteiger partial charge in [-0.05, 0) is 6.07 Å². The number of carbonyl (C=O) groups is 1. The molecular weight excluding hydrogens is 227 g/mol. The number of aromatic nitrogens is 2. The van der Waals surface area contributed by atoms with Crippen LogP contribution >= 0.6 is 0 Å². The van der Waals surface area contributed by atoms with Crippen LogP contribution in [-0.2, 0) is 11.3 Å². The smallest absolute Gasteiger partial charge is 0.422 e. The van der Waals surface area contributed by atoms with Crippen molar-refractivity contribution in [2.75, 3.05) is 6.61 Å². The molecule has 1 heterocycles. The minimum Gasteiger partial charge on any atom is -0.440 e. The van der Waals surface area contributed by atoms with Gasteiger partial charge in [-0.1, -0.05) is 0 Å². The number of rotatable bonds is 3. The molecule has 5 nitrogen and oxygen atoms in total. The van der Waals surface area contributed by atoms with Crippen molar-refractivity contribution in [1.82, 2.24) is 15.3 Å². The van der Waals surface area contributed by atoms with E-state index >= 15 is 0 Å². The minimum atomic E-state index is -4.52. The van der Waals surface area contributed by atoms with E-state index in [4.69, 9.17) is 0 Å². The molecule has 0 aliphatic rings. The molecular formula is C8H8F3N3O2. The molecule has 1 aromatic heterocycles. The molecule has 0 fully saturated rings. The predicted octanol–water partition coefficient (Wildman–Crippen LogP) is 1.27. The number of nitrogens with one attached hydrogen (secondary N) is 1. The van der Waals surface area contributed by atoms with Crippen LogP contribution in [0.15, 0.2) is 18.6 Å². The van der Waals surface area contributed by atoms with Crippen molar-refractivity contribution < 1.29 is 22.7 Å². The van der Waals surface area contributed by atoms with Gasteiger partial charge in [0.15, 0.2) is 6.61 Å². The van der Waals surface area contributed by atoms with Crippen molar-refractivity contribution in [2.24, 2.45) is 0 Å². The van der Waals surface area contributed by atoms with Gasteiger partial charge in [-0.3, -0.25) is 0 Å². The summed E-state index contributed by atoms with van der Waals surface area (Å²) in [5, 5.41) is 2.12. The first-order valence-corrected chi connectivity index (χ1v) is 4.19. The molecule has 8 heteroatoms. The fraction of sp³-hybridized carbons (Fsp3) is 0.375. The molecule has 0 saturated carbocycles. The lowest BCUT2D eigenvalue weighted by Gasteiger charge is -2.08. The number of hydrogen-bond donors (Lipinski definition) is 1. The highest BCUT2D eigenvalue weighted by atomic mass is 19.4. The normalized spacial score (nSPS) is 10.9. The lowest BCUT2D eigenvalue weighted by molar-refractivity contribution is -0.160. The van der Waals surface area contributed by atoms with E-state index in [9.17, 15) is 18.0 Å². The van der Waals surface area contributed by atoms with Gasteiger partial charge in [-0.15, -0.1) is 0 Å². The molecule has 0 aromatic carbocycles.